The highest BCUT2D eigenvalue weighted by Gasteiger charge is 2.09. The Morgan fingerprint density at radius 1 is 1.26 bits per heavy atom. The van der Waals surface area contributed by atoms with Gasteiger partial charge in [0.1, 0.15) is 10.8 Å². The van der Waals surface area contributed by atoms with Crippen molar-refractivity contribution in [2.45, 2.75) is 0 Å². The molecule has 23 heavy (non-hydrogen) atoms. The number of rotatable bonds is 4. The van der Waals surface area contributed by atoms with Gasteiger partial charge in [-0.15, -0.1) is 11.3 Å². The summed E-state index contributed by atoms with van der Waals surface area (Å²) in [5.41, 5.74) is 1.60. The lowest BCUT2D eigenvalue weighted by atomic mass is 10.2. The first kappa shape index (κ1) is 15.6. The molecule has 0 spiro atoms. The van der Waals surface area contributed by atoms with Crippen LogP contribution in [0.3, 0.4) is 0 Å². The van der Waals surface area contributed by atoms with Gasteiger partial charge in [-0.25, -0.2) is 4.98 Å². The van der Waals surface area contributed by atoms with Crippen molar-refractivity contribution in [1.82, 2.24) is 4.98 Å². The van der Waals surface area contributed by atoms with E-state index < -0.39 is 4.92 Å². The van der Waals surface area contributed by atoms with Gasteiger partial charge in [0.25, 0.3) is 5.69 Å². The molecule has 0 saturated carbocycles. The summed E-state index contributed by atoms with van der Waals surface area (Å²) in [4.78, 5) is 14.8. The van der Waals surface area contributed by atoms with Crippen molar-refractivity contribution in [3.05, 3.63) is 61.6 Å². The fourth-order valence-electron chi connectivity index (χ4n) is 2.12. The monoisotopic (exact) mass is 390 g/mol. The number of methoxy groups -OCH3 is 1. The third kappa shape index (κ3) is 3.40. The molecule has 0 unspecified atom stereocenters. The standard InChI is InChI=1S/C16H11BrN2O3S/c1-22-14-5-3-11(17)8-10(14)2-7-16-18-13-9-12(19(20)21)4-6-15(13)23-16/h2-9H,1H3. The summed E-state index contributed by atoms with van der Waals surface area (Å²) in [7, 11) is 1.62. The summed E-state index contributed by atoms with van der Waals surface area (Å²) in [6, 6.07) is 10.4. The van der Waals surface area contributed by atoms with Crippen molar-refractivity contribution in [1.29, 1.82) is 0 Å². The van der Waals surface area contributed by atoms with Crippen molar-refractivity contribution in [3.8, 4) is 5.75 Å². The number of hydrogen-bond donors (Lipinski definition) is 0. The van der Waals surface area contributed by atoms with Crippen LogP contribution in [0.2, 0.25) is 0 Å². The maximum absolute atomic E-state index is 10.8. The zero-order valence-corrected chi connectivity index (χ0v) is 14.4. The van der Waals surface area contributed by atoms with Gasteiger partial charge in [-0.2, -0.15) is 0 Å². The lowest BCUT2D eigenvalue weighted by molar-refractivity contribution is -0.384. The predicted octanol–water partition coefficient (Wildman–Crippen LogP) is 5.15. The molecule has 2 aromatic carbocycles. The molecule has 0 saturated heterocycles. The van der Waals surface area contributed by atoms with E-state index in [0.29, 0.717) is 5.52 Å². The highest BCUT2D eigenvalue weighted by Crippen LogP contribution is 2.29. The lowest BCUT2D eigenvalue weighted by Crippen LogP contribution is -1.86. The molecule has 1 aromatic heterocycles. The first-order valence-corrected chi connectivity index (χ1v) is 8.24. The Morgan fingerprint density at radius 3 is 2.83 bits per heavy atom. The molecule has 0 fully saturated rings. The number of ether oxygens (including phenoxy) is 1. The molecule has 1 heterocycles. The number of hydrogen-bond acceptors (Lipinski definition) is 5. The number of aromatic nitrogens is 1. The molecule has 0 aliphatic carbocycles. The van der Waals surface area contributed by atoms with Crippen molar-refractivity contribution in [2.24, 2.45) is 0 Å². The molecule has 0 radical (unpaired) electrons. The Kier molecular flexibility index (Phi) is 4.40. The molecule has 0 amide bonds. The summed E-state index contributed by atoms with van der Waals surface area (Å²) in [5, 5.41) is 11.6. The molecule has 3 rings (SSSR count). The molecular formula is C16H11BrN2O3S. The minimum absolute atomic E-state index is 0.0481. The van der Waals surface area contributed by atoms with Gasteiger partial charge in [0, 0.05) is 22.2 Å². The van der Waals surface area contributed by atoms with Crippen LogP contribution in [0.25, 0.3) is 22.4 Å². The van der Waals surface area contributed by atoms with Gasteiger partial charge in [0.2, 0.25) is 0 Å². The predicted molar refractivity (Wildman–Crippen MR) is 95.9 cm³/mol. The van der Waals surface area contributed by atoms with E-state index in [-0.39, 0.29) is 5.69 Å². The second-order valence-corrected chi connectivity index (χ2v) is 6.66. The second-order valence-electron chi connectivity index (χ2n) is 4.68. The largest absolute Gasteiger partial charge is 0.496 e. The molecule has 3 aromatic rings. The second kappa shape index (κ2) is 6.47. The summed E-state index contributed by atoms with van der Waals surface area (Å²) >= 11 is 4.92. The summed E-state index contributed by atoms with van der Waals surface area (Å²) in [5.74, 6) is 0.765. The van der Waals surface area contributed by atoms with E-state index in [0.717, 1.165) is 25.5 Å². The Morgan fingerprint density at radius 2 is 2.09 bits per heavy atom. The third-order valence-corrected chi connectivity index (χ3v) is 4.69. The van der Waals surface area contributed by atoms with Crippen LogP contribution in [0.1, 0.15) is 10.6 Å². The van der Waals surface area contributed by atoms with Crippen LogP contribution in [0.4, 0.5) is 5.69 Å². The Hall–Kier alpha value is -2.25. The number of fused-ring (bicyclic) bond motifs is 1. The molecule has 0 N–H and O–H groups in total. The Bertz CT molecular complexity index is 921. The SMILES string of the molecule is COc1ccc(Br)cc1C=Cc1nc2cc([N+](=O)[O-])ccc2s1. The first-order valence-electron chi connectivity index (χ1n) is 6.63. The van der Waals surface area contributed by atoms with Crippen molar-refractivity contribution < 1.29 is 9.66 Å². The molecule has 7 heteroatoms. The molecule has 0 aliphatic rings. The number of nitrogens with zero attached hydrogens (tertiary/aromatic N) is 2. The van der Waals surface area contributed by atoms with Crippen LogP contribution >= 0.6 is 27.3 Å². The van der Waals surface area contributed by atoms with Crippen molar-refractivity contribution in [2.75, 3.05) is 7.11 Å². The average molecular weight is 391 g/mol. The van der Waals surface area contributed by atoms with Gasteiger partial charge >= 0.3 is 0 Å². The number of non-ortho nitro benzene ring substituents is 1. The Balaban J connectivity index is 1.95. The first-order chi connectivity index (χ1) is 11.1. The van der Waals surface area contributed by atoms with Gasteiger partial charge < -0.3 is 4.74 Å². The fraction of sp³-hybridized carbons (Fsp3) is 0.0625. The van der Waals surface area contributed by atoms with Gasteiger partial charge in [-0.05, 0) is 36.4 Å². The van der Waals surface area contributed by atoms with Gasteiger partial charge in [-0.3, -0.25) is 10.1 Å². The fourth-order valence-corrected chi connectivity index (χ4v) is 3.34. The van der Waals surface area contributed by atoms with Gasteiger partial charge in [0.05, 0.1) is 22.2 Å². The lowest BCUT2D eigenvalue weighted by Gasteiger charge is -2.04. The number of nitro groups is 1. The molecular weight excluding hydrogens is 380 g/mol. The zero-order valence-electron chi connectivity index (χ0n) is 12.0. The van der Waals surface area contributed by atoms with Crippen LogP contribution < -0.4 is 4.74 Å². The average Bonchev–Trinajstić information content (AvgIpc) is 2.94. The minimum atomic E-state index is -0.416. The van der Waals surface area contributed by atoms with Gasteiger partial charge in [-0.1, -0.05) is 15.9 Å². The van der Waals surface area contributed by atoms with E-state index in [1.54, 1.807) is 13.2 Å². The van der Waals surface area contributed by atoms with Crippen LogP contribution in [0.15, 0.2) is 40.9 Å². The summed E-state index contributed by atoms with van der Waals surface area (Å²) in [6.45, 7) is 0. The molecule has 0 bridgehead atoms. The molecule has 5 nitrogen and oxygen atoms in total. The van der Waals surface area contributed by atoms with Crippen LogP contribution in [-0.2, 0) is 0 Å². The van der Waals surface area contributed by atoms with E-state index in [1.807, 2.05) is 30.4 Å². The third-order valence-electron chi connectivity index (χ3n) is 3.20. The number of benzene rings is 2. The number of nitro benzene ring substituents is 1. The number of halogens is 1. The van der Waals surface area contributed by atoms with Crippen LogP contribution in [0, 0.1) is 10.1 Å². The van der Waals surface area contributed by atoms with Crippen molar-refractivity contribution in [3.63, 3.8) is 0 Å². The quantitative estimate of drug-likeness (QED) is 0.456. The van der Waals surface area contributed by atoms with E-state index >= 15 is 0 Å². The van der Waals surface area contributed by atoms with E-state index in [2.05, 4.69) is 20.9 Å². The molecule has 116 valence electrons. The van der Waals surface area contributed by atoms with E-state index in [4.69, 9.17) is 4.74 Å². The smallest absolute Gasteiger partial charge is 0.271 e. The van der Waals surface area contributed by atoms with Crippen molar-refractivity contribution >= 4 is 55.3 Å². The van der Waals surface area contributed by atoms with E-state index in [9.17, 15) is 10.1 Å². The topological polar surface area (TPSA) is 65.3 Å². The molecule has 0 aliphatic heterocycles. The number of thiazole rings is 1. The maximum atomic E-state index is 10.8. The normalized spacial score (nSPS) is 11.2. The van der Waals surface area contributed by atoms with Crippen LogP contribution in [-0.4, -0.2) is 17.0 Å². The highest BCUT2D eigenvalue weighted by atomic mass is 79.9. The Labute approximate surface area is 144 Å². The maximum Gasteiger partial charge on any atom is 0.271 e. The molecule has 0 atom stereocenters. The summed E-state index contributed by atoms with van der Waals surface area (Å²) < 4.78 is 7.20. The highest BCUT2D eigenvalue weighted by molar-refractivity contribution is 9.10. The van der Waals surface area contributed by atoms with Crippen LogP contribution in [0.5, 0.6) is 5.75 Å². The summed E-state index contributed by atoms with van der Waals surface area (Å²) in [6.07, 6.45) is 3.79. The minimum Gasteiger partial charge on any atom is -0.496 e. The van der Waals surface area contributed by atoms with E-state index in [1.165, 1.54) is 23.5 Å². The zero-order chi connectivity index (χ0) is 16.4. The van der Waals surface area contributed by atoms with Gasteiger partial charge in [0.15, 0.2) is 0 Å².